The lowest BCUT2D eigenvalue weighted by atomic mass is 9.76. The monoisotopic (exact) mass is 1040 g/mol. The molecule has 2 fully saturated rings. The number of anilines is 4. The molecular formula is C49H60N14O8S2. The van der Waals surface area contributed by atoms with Gasteiger partial charge in [-0.25, -0.2) is 39.5 Å². The Hall–Kier alpha value is -7.60. The molecule has 2 aromatic carbocycles. The van der Waals surface area contributed by atoms with Crippen molar-refractivity contribution in [3.05, 3.63) is 60.2 Å². The van der Waals surface area contributed by atoms with Crippen molar-refractivity contribution in [1.29, 1.82) is 0 Å². The number of hydrogen-bond acceptors (Lipinski definition) is 18. The lowest BCUT2D eigenvalue weighted by molar-refractivity contribution is -0.157. The van der Waals surface area contributed by atoms with Crippen molar-refractivity contribution in [3.8, 4) is 22.3 Å². The van der Waals surface area contributed by atoms with Crippen molar-refractivity contribution in [1.82, 2.24) is 40.5 Å². The van der Waals surface area contributed by atoms with E-state index in [2.05, 4.69) is 61.2 Å². The van der Waals surface area contributed by atoms with Crippen LogP contribution < -0.4 is 36.8 Å². The van der Waals surface area contributed by atoms with E-state index >= 15 is 0 Å². The summed E-state index contributed by atoms with van der Waals surface area (Å²) in [4.78, 5) is 96.4. The highest BCUT2D eigenvalue weighted by atomic mass is 32.1. The number of hydrogen-bond donors (Lipinski definition) is 6. The smallest absolute Gasteiger partial charge is 0.321 e. The fourth-order valence-electron chi connectivity index (χ4n) is 8.77. The second-order valence-corrected chi connectivity index (χ2v) is 19.4. The predicted octanol–water partition coefficient (Wildman–Crippen LogP) is 7.51. The van der Waals surface area contributed by atoms with Crippen molar-refractivity contribution in [2.45, 2.75) is 73.1 Å². The summed E-state index contributed by atoms with van der Waals surface area (Å²) in [7, 11) is 1.48. The molecule has 5 amide bonds. The average Bonchev–Trinajstić information content (AvgIpc) is 4.01. The van der Waals surface area contributed by atoms with Crippen molar-refractivity contribution >= 4 is 101 Å². The van der Waals surface area contributed by atoms with Crippen LogP contribution in [0.15, 0.2) is 54.2 Å². The number of nitrogens with zero attached hydrogens (tertiary/aromatic N) is 9. The van der Waals surface area contributed by atoms with Crippen molar-refractivity contribution < 1.29 is 38.7 Å². The van der Waals surface area contributed by atoms with Gasteiger partial charge in [0.15, 0.2) is 10.3 Å². The fraction of sp³-hybridized carbons (Fsp3) is 0.429. The lowest BCUT2D eigenvalue weighted by Gasteiger charge is -2.39. The highest BCUT2D eigenvalue weighted by Crippen LogP contribution is 2.39. The Balaban J connectivity index is 0.000000214. The van der Waals surface area contributed by atoms with E-state index in [9.17, 15) is 29.1 Å². The van der Waals surface area contributed by atoms with Crippen LogP contribution in [0, 0.1) is 10.8 Å². The standard InChI is InChI=1S/C26H33N7O4S.C23H27N7O4S/c1-5-26(22(34)37-7-3)8-10-33(11-9-26)23-28-14-19(15-29-23)17-12-18(16-30-36-4)21-20(13-17)31-25(38-21)32-24(35)27-6-2;1-3-23(19(32)33)5-7-30(8-6-23)20-26-11-14(12-27-20)13-9-15(18(24)31)17-16(10-13)28-22(35-17)29-21(34)25-4-2/h12-16H,5-11H2,1-4H3,(H2,27,31,32,35);9-12H,3-8H2,1-2H3,(H2,24,31)(H,32,33)(H2,25,28,29,34)/b30-16+;. The Morgan fingerprint density at radius 2 is 1.16 bits per heavy atom. The van der Waals surface area contributed by atoms with Gasteiger partial charge in [0, 0.05) is 80.7 Å². The molecule has 6 aromatic rings. The quantitative estimate of drug-likeness (QED) is 0.0310. The summed E-state index contributed by atoms with van der Waals surface area (Å²) in [5, 5.41) is 25.1. The zero-order chi connectivity index (χ0) is 52.3. The van der Waals surface area contributed by atoms with Gasteiger partial charge in [0.25, 0.3) is 0 Å². The maximum Gasteiger partial charge on any atom is 0.321 e. The number of rotatable bonds is 16. The minimum absolute atomic E-state index is 0.104. The van der Waals surface area contributed by atoms with Gasteiger partial charge >= 0.3 is 24.0 Å². The van der Waals surface area contributed by atoms with Crippen LogP contribution in [0.1, 0.15) is 89.1 Å². The van der Waals surface area contributed by atoms with Gasteiger partial charge in [0.2, 0.25) is 17.8 Å². The average molecular weight is 1040 g/mol. The molecule has 0 bridgehead atoms. The molecule has 6 heterocycles. The number of aliphatic carboxylic acids is 1. The van der Waals surface area contributed by atoms with E-state index in [1.54, 1.807) is 43.1 Å². The molecule has 0 radical (unpaired) electrons. The summed E-state index contributed by atoms with van der Waals surface area (Å²) in [6, 6.07) is 6.68. The van der Waals surface area contributed by atoms with Gasteiger partial charge in [-0.2, -0.15) is 0 Å². The first kappa shape index (κ1) is 53.2. The fourth-order valence-corrected chi connectivity index (χ4v) is 10.6. The number of esters is 1. The Morgan fingerprint density at radius 1 is 0.699 bits per heavy atom. The van der Waals surface area contributed by atoms with E-state index in [1.807, 2.05) is 51.7 Å². The number of carboxylic acids is 1. The molecule has 24 heteroatoms. The van der Waals surface area contributed by atoms with Crippen LogP contribution in [0.3, 0.4) is 0 Å². The van der Waals surface area contributed by atoms with Gasteiger partial charge in [0.1, 0.15) is 7.11 Å². The number of oxime groups is 1. The van der Waals surface area contributed by atoms with E-state index in [-0.39, 0.29) is 18.0 Å². The summed E-state index contributed by atoms with van der Waals surface area (Å²) in [5.41, 5.74) is 9.87. The molecule has 0 saturated carbocycles. The van der Waals surface area contributed by atoms with Gasteiger partial charge < -0.3 is 40.8 Å². The number of nitrogens with one attached hydrogen (secondary N) is 4. The summed E-state index contributed by atoms with van der Waals surface area (Å²) >= 11 is 2.53. The number of ether oxygens (including phenoxy) is 1. The highest BCUT2D eigenvalue weighted by Gasteiger charge is 2.42. The largest absolute Gasteiger partial charge is 0.481 e. The maximum absolute atomic E-state index is 12.5. The molecule has 2 aliphatic heterocycles. The summed E-state index contributed by atoms with van der Waals surface area (Å²) in [6.45, 7) is 13.4. The first-order valence-corrected chi connectivity index (χ1v) is 25.7. The third-order valence-corrected chi connectivity index (χ3v) is 15.2. The molecule has 2 saturated heterocycles. The Bertz CT molecular complexity index is 2970. The van der Waals surface area contributed by atoms with Gasteiger partial charge in [-0.1, -0.05) is 41.7 Å². The number of aromatic nitrogens is 6. The summed E-state index contributed by atoms with van der Waals surface area (Å²) in [5.74, 6) is -0.293. The molecule has 8 rings (SSSR count). The SMILES string of the molecule is CCNC(=O)Nc1nc2cc(-c3cnc(N4CCC(CC)(C(=O)O)CC4)nc3)cc(C(N)=O)c2s1.CCNC(=O)Nc1nc2cc(-c3cnc(N4CCC(CC)(C(=O)OCC)CC4)nc3)cc(/C=N/OC)c2s1. The Kier molecular flexibility index (Phi) is 17.3. The van der Waals surface area contributed by atoms with E-state index in [0.29, 0.717) is 133 Å². The first-order chi connectivity index (χ1) is 35.2. The number of fused-ring (bicyclic) bond motifs is 2. The van der Waals surface area contributed by atoms with Crippen molar-refractivity contribution in [2.24, 2.45) is 21.7 Å². The molecule has 2 aliphatic rings. The second-order valence-electron chi connectivity index (χ2n) is 17.4. The van der Waals surface area contributed by atoms with Crippen LogP contribution in [0.5, 0.6) is 0 Å². The Labute approximate surface area is 429 Å². The second kappa shape index (κ2) is 23.7. The molecule has 0 aliphatic carbocycles. The van der Waals surface area contributed by atoms with Crippen LogP contribution >= 0.6 is 22.7 Å². The molecule has 0 unspecified atom stereocenters. The van der Waals surface area contributed by atoms with Gasteiger partial charge in [-0.05, 0) is 94.7 Å². The topological polar surface area (TPSA) is 294 Å². The number of thiazole rings is 2. The predicted molar refractivity (Wildman–Crippen MR) is 282 cm³/mol. The molecule has 73 heavy (non-hydrogen) atoms. The number of amides is 5. The number of piperidine rings is 2. The molecule has 0 spiro atoms. The normalized spacial score (nSPS) is 15.0. The Morgan fingerprint density at radius 3 is 1.60 bits per heavy atom. The van der Waals surface area contributed by atoms with Crippen LogP contribution in [-0.4, -0.2) is 124 Å². The van der Waals surface area contributed by atoms with Crippen LogP contribution in [-0.2, 0) is 19.2 Å². The highest BCUT2D eigenvalue weighted by molar-refractivity contribution is 7.23. The minimum atomic E-state index is -0.747. The third-order valence-electron chi connectivity index (χ3n) is 13.2. The number of carbonyl (C=O) groups excluding carboxylic acids is 4. The van der Waals surface area contributed by atoms with Gasteiger partial charge in [-0.3, -0.25) is 25.0 Å². The molecule has 4 aromatic heterocycles. The number of nitrogens with two attached hydrogens (primary N) is 1. The van der Waals surface area contributed by atoms with E-state index in [4.69, 9.17) is 15.3 Å². The number of carboxylic acid groups (broad SMARTS) is 1. The van der Waals surface area contributed by atoms with Crippen molar-refractivity contribution in [2.75, 3.05) is 73.4 Å². The molecular weight excluding hydrogens is 977 g/mol. The zero-order valence-electron chi connectivity index (χ0n) is 41.6. The number of carbonyl (C=O) groups is 5. The van der Waals surface area contributed by atoms with Crippen LogP contribution in [0.25, 0.3) is 42.7 Å². The molecule has 386 valence electrons. The summed E-state index contributed by atoms with van der Waals surface area (Å²) in [6.07, 6.45) is 12.4. The zero-order valence-corrected chi connectivity index (χ0v) is 43.2. The van der Waals surface area contributed by atoms with Gasteiger partial charge in [0.05, 0.1) is 49.6 Å². The number of benzene rings is 2. The van der Waals surface area contributed by atoms with Gasteiger partial charge in [-0.15, -0.1) is 0 Å². The van der Waals surface area contributed by atoms with E-state index < -0.39 is 22.7 Å². The van der Waals surface area contributed by atoms with Crippen LogP contribution in [0.4, 0.5) is 31.7 Å². The third kappa shape index (κ3) is 12.2. The van der Waals surface area contributed by atoms with E-state index in [1.165, 1.54) is 29.8 Å². The first-order valence-electron chi connectivity index (χ1n) is 24.1. The lowest BCUT2D eigenvalue weighted by Crippen LogP contribution is -2.45. The number of primary amides is 1. The molecule has 7 N–H and O–H groups in total. The van der Waals surface area contributed by atoms with Crippen LogP contribution in [0.2, 0.25) is 0 Å². The molecule has 22 nitrogen and oxygen atoms in total. The minimum Gasteiger partial charge on any atom is -0.481 e. The van der Waals surface area contributed by atoms with E-state index in [0.717, 1.165) is 27.8 Å². The maximum atomic E-state index is 12.5. The number of urea groups is 2. The summed E-state index contributed by atoms with van der Waals surface area (Å²) < 4.78 is 6.79. The molecule has 0 atom stereocenters. The van der Waals surface area contributed by atoms with Crippen molar-refractivity contribution in [3.63, 3.8) is 0 Å².